The lowest BCUT2D eigenvalue weighted by atomic mass is 10.1. The molecule has 1 amide bonds. The van der Waals surface area contributed by atoms with Crippen LogP contribution in [-0.4, -0.2) is 16.6 Å². The molecule has 1 atom stereocenters. The van der Waals surface area contributed by atoms with Gasteiger partial charge in [0.15, 0.2) is 4.34 Å². The van der Waals surface area contributed by atoms with Gasteiger partial charge in [-0.2, -0.15) is 0 Å². The summed E-state index contributed by atoms with van der Waals surface area (Å²) in [5.41, 5.74) is 2.06. The molecule has 6 heteroatoms. The summed E-state index contributed by atoms with van der Waals surface area (Å²) in [4.78, 5) is 16.7. The van der Waals surface area contributed by atoms with Gasteiger partial charge in [-0.3, -0.25) is 4.79 Å². The van der Waals surface area contributed by atoms with Gasteiger partial charge >= 0.3 is 0 Å². The topological polar surface area (TPSA) is 42.0 Å². The molecule has 0 aliphatic heterocycles. The highest BCUT2D eigenvalue weighted by Gasteiger charge is 2.13. The Morgan fingerprint density at radius 2 is 2.00 bits per heavy atom. The average molecular weight is 407 g/mol. The van der Waals surface area contributed by atoms with Crippen LogP contribution in [-0.2, 0) is 4.79 Å². The van der Waals surface area contributed by atoms with Crippen LogP contribution in [0.2, 0.25) is 0 Å². The number of hydrogen-bond acceptors (Lipinski definition) is 4. The summed E-state index contributed by atoms with van der Waals surface area (Å²) in [6.07, 6.45) is 0. The van der Waals surface area contributed by atoms with Crippen molar-refractivity contribution in [1.82, 2.24) is 10.3 Å². The summed E-state index contributed by atoms with van der Waals surface area (Å²) >= 11 is 6.62. The first-order chi connectivity index (χ1) is 11.1. The first-order valence-corrected chi connectivity index (χ1v) is 9.75. The van der Waals surface area contributed by atoms with E-state index in [4.69, 9.17) is 0 Å². The lowest BCUT2D eigenvalue weighted by Crippen LogP contribution is -2.28. The number of thioether (sulfide) groups is 1. The van der Waals surface area contributed by atoms with Gasteiger partial charge in [0.05, 0.1) is 22.0 Å². The number of rotatable bonds is 5. The second-order valence-electron chi connectivity index (χ2n) is 5.05. The fourth-order valence-corrected chi connectivity index (χ4v) is 4.74. The third kappa shape index (κ3) is 4.13. The number of amides is 1. The van der Waals surface area contributed by atoms with E-state index in [2.05, 4.69) is 26.2 Å². The summed E-state index contributed by atoms with van der Waals surface area (Å²) < 4.78 is 3.08. The summed E-state index contributed by atoms with van der Waals surface area (Å²) in [6, 6.07) is 15.9. The van der Waals surface area contributed by atoms with Gasteiger partial charge in [-0.15, -0.1) is 11.3 Å². The Kier molecular flexibility index (Phi) is 5.35. The molecule has 0 radical (unpaired) electrons. The fourth-order valence-electron chi connectivity index (χ4n) is 2.23. The van der Waals surface area contributed by atoms with Crippen molar-refractivity contribution in [1.29, 1.82) is 0 Å². The molecule has 118 valence electrons. The molecule has 0 saturated carbocycles. The van der Waals surface area contributed by atoms with E-state index in [0.717, 1.165) is 24.6 Å². The summed E-state index contributed by atoms with van der Waals surface area (Å²) in [7, 11) is 0. The number of fused-ring (bicyclic) bond motifs is 1. The number of aromatic nitrogens is 1. The molecule has 0 saturated heterocycles. The third-order valence-corrected chi connectivity index (χ3v) is 6.25. The van der Waals surface area contributed by atoms with Crippen molar-refractivity contribution >= 4 is 55.2 Å². The Morgan fingerprint density at radius 1 is 1.26 bits per heavy atom. The molecule has 0 spiro atoms. The van der Waals surface area contributed by atoms with Crippen LogP contribution in [0.5, 0.6) is 0 Å². The normalized spacial score (nSPS) is 12.3. The average Bonchev–Trinajstić information content (AvgIpc) is 2.96. The molecule has 1 heterocycles. The van der Waals surface area contributed by atoms with Crippen LogP contribution in [0.1, 0.15) is 18.5 Å². The number of carbonyl (C=O) groups excluding carboxylic acids is 1. The number of halogens is 1. The molecule has 23 heavy (non-hydrogen) atoms. The monoisotopic (exact) mass is 406 g/mol. The minimum Gasteiger partial charge on any atom is -0.349 e. The maximum absolute atomic E-state index is 12.2. The molecule has 3 aromatic rings. The zero-order chi connectivity index (χ0) is 16.2. The van der Waals surface area contributed by atoms with E-state index >= 15 is 0 Å². The second kappa shape index (κ2) is 7.47. The Hall–Kier alpha value is -1.37. The Bertz CT molecular complexity index is 801. The first-order valence-electron chi connectivity index (χ1n) is 7.15. The van der Waals surface area contributed by atoms with Crippen LogP contribution in [0.25, 0.3) is 10.2 Å². The molecule has 3 nitrogen and oxygen atoms in total. The summed E-state index contributed by atoms with van der Waals surface area (Å²) in [6.45, 7) is 1.99. The lowest BCUT2D eigenvalue weighted by molar-refractivity contribution is -0.119. The number of nitrogens with one attached hydrogen (secondary N) is 1. The summed E-state index contributed by atoms with van der Waals surface area (Å²) in [5.74, 6) is 0.381. The van der Waals surface area contributed by atoms with Gasteiger partial charge in [-0.05, 0) is 30.7 Å². The van der Waals surface area contributed by atoms with E-state index in [1.54, 1.807) is 11.3 Å². The van der Waals surface area contributed by atoms with Gasteiger partial charge in [0.1, 0.15) is 0 Å². The number of nitrogens with zero attached hydrogens (tertiary/aromatic N) is 1. The van der Waals surface area contributed by atoms with Crippen LogP contribution >= 0.6 is 39.0 Å². The molecule has 1 unspecified atom stereocenters. The smallest absolute Gasteiger partial charge is 0.230 e. The fraction of sp³-hybridized carbons (Fsp3) is 0.176. The molecular formula is C17H15BrN2OS2. The first kappa shape index (κ1) is 16.5. The standard InChI is InChI=1S/C17H15BrN2OS2/c1-11(12-6-2-3-7-13(12)18)19-16(21)10-22-17-20-14-8-4-5-9-15(14)23-17/h2-9,11H,10H2,1H3,(H,19,21). The highest BCUT2D eigenvalue weighted by Crippen LogP contribution is 2.29. The third-order valence-electron chi connectivity index (χ3n) is 3.35. The number of benzene rings is 2. The predicted octanol–water partition coefficient (Wildman–Crippen LogP) is 5.03. The van der Waals surface area contributed by atoms with Gasteiger partial charge in [-0.25, -0.2) is 4.98 Å². The number of carbonyl (C=O) groups is 1. The van der Waals surface area contributed by atoms with E-state index in [9.17, 15) is 4.79 Å². The SMILES string of the molecule is CC(NC(=O)CSc1nc2ccccc2s1)c1ccccc1Br. The largest absolute Gasteiger partial charge is 0.349 e. The molecule has 1 aromatic heterocycles. The minimum absolute atomic E-state index is 0.0116. The maximum Gasteiger partial charge on any atom is 0.230 e. The molecule has 2 aromatic carbocycles. The van der Waals surface area contributed by atoms with E-state index in [0.29, 0.717) is 5.75 Å². The zero-order valence-electron chi connectivity index (χ0n) is 12.5. The van der Waals surface area contributed by atoms with Gasteiger partial charge in [0.2, 0.25) is 5.91 Å². The van der Waals surface area contributed by atoms with Crippen molar-refractivity contribution in [2.45, 2.75) is 17.3 Å². The Labute approximate surface area is 151 Å². The van der Waals surface area contributed by atoms with Gasteiger partial charge < -0.3 is 5.32 Å². The molecule has 3 rings (SSSR count). The molecule has 0 aliphatic carbocycles. The van der Waals surface area contributed by atoms with Crippen molar-refractivity contribution in [2.24, 2.45) is 0 Å². The Balaban J connectivity index is 1.58. The lowest BCUT2D eigenvalue weighted by Gasteiger charge is -2.15. The number of thiazole rings is 1. The van der Waals surface area contributed by atoms with E-state index in [1.165, 1.54) is 11.8 Å². The highest BCUT2D eigenvalue weighted by molar-refractivity contribution is 9.10. The minimum atomic E-state index is -0.0333. The van der Waals surface area contributed by atoms with E-state index in [1.807, 2.05) is 55.5 Å². The second-order valence-corrected chi connectivity index (χ2v) is 8.15. The van der Waals surface area contributed by atoms with Gasteiger partial charge in [-0.1, -0.05) is 58.0 Å². The van der Waals surface area contributed by atoms with Crippen LogP contribution < -0.4 is 5.32 Å². The quantitative estimate of drug-likeness (QED) is 0.604. The van der Waals surface area contributed by atoms with Crippen LogP contribution in [0, 0.1) is 0 Å². The van der Waals surface area contributed by atoms with E-state index in [-0.39, 0.29) is 11.9 Å². The molecule has 1 N–H and O–H groups in total. The van der Waals surface area contributed by atoms with Crippen LogP contribution in [0.15, 0.2) is 57.3 Å². The molecule has 0 aliphatic rings. The molecule has 0 fully saturated rings. The maximum atomic E-state index is 12.2. The van der Waals surface area contributed by atoms with Crippen molar-refractivity contribution in [3.05, 3.63) is 58.6 Å². The molecular weight excluding hydrogens is 392 g/mol. The number of hydrogen-bond donors (Lipinski definition) is 1. The van der Waals surface area contributed by atoms with Crippen molar-refractivity contribution < 1.29 is 4.79 Å². The number of para-hydroxylation sites is 1. The summed E-state index contributed by atoms with van der Waals surface area (Å²) in [5, 5.41) is 3.03. The van der Waals surface area contributed by atoms with Gasteiger partial charge in [0, 0.05) is 4.47 Å². The van der Waals surface area contributed by atoms with E-state index < -0.39 is 0 Å². The van der Waals surface area contributed by atoms with Crippen LogP contribution in [0.3, 0.4) is 0 Å². The van der Waals surface area contributed by atoms with Crippen molar-refractivity contribution in [3.8, 4) is 0 Å². The van der Waals surface area contributed by atoms with Crippen molar-refractivity contribution in [2.75, 3.05) is 5.75 Å². The van der Waals surface area contributed by atoms with Crippen molar-refractivity contribution in [3.63, 3.8) is 0 Å². The predicted molar refractivity (Wildman–Crippen MR) is 101 cm³/mol. The van der Waals surface area contributed by atoms with Gasteiger partial charge in [0.25, 0.3) is 0 Å². The van der Waals surface area contributed by atoms with Crippen LogP contribution in [0.4, 0.5) is 0 Å². The zero-order valence-corrected chi connectivity index (χ0v) is 15.7. The highest BCUT2D eigenvalue weighted by atomic mass is 79.9. The Morgan fingerprint density at radius 3 is 2.78 bits per heavy atom. The molecule has 0 bridgehead atoms.